The molecule has 3 heterocycles. The molecule has 0 bridgehead atoms. The summed E-state index contributed by atoms with van der Waals surface area (Å²) in [4.78, 5) is 30.6. The fourth-order valence-corrected chi connectivity index (χ4v) is 3.27. The van der Waals surface area contributed by atoms with Gasteiger partial charge in [-0.25, -0.2) is 4.98 Å². The highest BCUT2D eigenvalue weighted by Gasteiger charge is 2.13. The second kappa shape index (κ2) is 7.24. The highest BCUT2D eigenvalue weighted by atomic mass is 35.5. The Hall–Kier alpha value is -3.13. The molecular weight excluding hydrogens is 366 g/mol. The second-order valence-corrected chi connectivity index (χ2v) is 6.67. The van der Waals surface area contributed by atoms with Crippen molar-refractivity contribution in [1.82, 2.24) is 30.2 Å². The van der Waals surface area contributed by atoms with Crippen molar-refractivity contribution < 1.29 is 4.79 Å². The molecule has 4 N–H and O–H groups in total. The average Bonchev–Trinajstić information content (AvgIpc) is 3.27. The molecule has 9 heteroatoms. The molecule has 0 aliphatic carbocycles. The largest absolute Gasteiger partial charge is 0.361 e. The molecule has 8 nitrogen and oxygen atoms in total. The normalized spacial score (nSPS) is 12.4. The zero-order chi connectivity index (χ0) is 18.8. The molecule has 27 heavy (non-hydrogen) atoms. The predicted molar refractivity (Wildman–Crippen MR) is 105 cm³/mol. The number of para-hydroxylation sites is 1. The van der Waals surface area contributed by atoms with E-state index in [0.717, 1.165) is 11.9 Å². The van der Waals surface area contributed by atoms with Crippen LogP contribution in [0.15, 0.2) is 36.8 Å². The van der Waals surface area contributed by atoms with Crippen molar-refractivity contribution in [3.63, 3.8) is 0 Å². The molecule has 0 fully saturated rings. The number of fused-ring (bicyclic) bond motifs is 2. The van der Waals surface area contributed by atoms with E-state index in [2.05, 4.69) is 41.6 Å². The molecule has 1 atom stereocenters. The van der Waals surface area contributed by atoms with Gasteiger partial charge >= 0.3 is 0 Å². The van der Waals surface area contributed by atoms with Gasteiger partial charge in [0.15, 0.2) is 11.5 Å². The molecule has 4 rings (SSSR count). The van der Waals surface area contributed by atoms with Gasteiger partial charge in [0, 0.05) is 23.1 Å². The molecular formula is C18H18ClN7O. The summed E-state index contributed by atoms with van der Waals surface area (Å²) in [5.41, 5.74) is 3.33. The number of hydrogen-bond acceptors (Lipinski definition) is 5. The smallest absolute Gasteiger partial charge is 0.239 e. The molecule has 1 aromatic carbocycles. The van der Waals surface area contributed by atoms with Gasteiger partial charge in [0.25, 0.3) is 0 Å². The lowest BCUT2D eigenvalue weighted by atomic mass is 10.1. The van der Waals surface area contributed by atoms with Crippen LogP contribution in [0.5, 0.6) is 0 Å². The van der Waals surface area contributed by atoms with Gasteiger partial charge in [-0.05, 0) is 36.6 Å². The number of rotatable bonds is 6. The highest BCUT2D eigenvalue weighted by Crippen LogP contribution is 2.19. The number of halogens is 1. The van der Waals surface area contributed by atoms with Gasteiger partial charge in [-0.3, -0.25) is 4.79 Å². The minimum Gasteiger partial charge on any atom is -0.361 e. The number of anilines is 1. The number of nitrogens with one attached hydrogen (secondary N) is 4. The van der Waals surface area contributed by atoms with Crippen LogP contribution < -0.4 is 10.6 Å². The fourth-order valence-electron chi connectivity index (χ4n) is 3.11. The van der Waals surface area contributed by atoms with Crippen LogP contribution in [0.3, 0.4) is 0 Å². The number of benzene rings is 1. The van der Waals surface area contributed by atoms with Gasteiger partial charge in [-0.2, -0.15) is 9.97 Å². The Labute approximate surface area is 159 Å². The minimum absolute atomic E-state index is 0.0142. The van der Waals surface area contributed by atoms with Crippen LogP contribution in [0.4, 0.5) is 5.82 Å². The summed E-state index contributed by atoms with van der Waals surface area (Å²) in [5.74, 6) is 0.312. The summed E-state index contributed by atoms with van der Waals surface area (Å²) in [7, 11) is 0. The topological polar surface area (TPSA) is 111 Å². The maximum atomic E-state index is 12.3. The Morgan fingerprint density at radius 3 is 3.00 bits per heavy atom. The van der Waals surface area contributed by atoms with E-state index in [-0.39, 0.29) is 23.8 Å². The number of H-pyrrole nitrogens is 2. The molecule has 3 aromatic heterocycles. The molecule has 0 aliphatic rings. The van der Waals surface area contributed by atoms with Crippen molar-refractivity contribution in [2.24, 2.45) is 0 Å². The zero-order valence-electron chi connectivity index (χ0n) is 14.6. The van der Waals surface area contributed by atoms with Crippen molar-refractivity contribution in [2.75, 3.05) is 11.9 Å². The highest BCUT2D eigenvalue weighted by molar-refractivity contribution is 6.28. The van der Waals surface area contributed by atoms with Crippen molar-refractivity contribution in [2.45, 2.75) is 19.4 Å². The summed E-state index contributed by atoms with van der Waals surface area (Å²) in [6, 6.07) is 8.10. The number of carbonyl (C=O) groups is 1. The molecule has 1 amide bonds. The van der Waals surface area contributed by atoms with Crippen LogP contribution in [0.25, 0.3) is 22.1 Å². The minimum atomic E-state index is -0.134. The third-order valence-electron chi connectivity index (χ3n) is 4.28. The summed E-state index contributed by atoms with van der Waals surface area (Å²) >= 11 is 5.89. The molecule has 0 spiro atoms. The summed E-state index contributed by atoms with van der Waals surface area (Å²) in [5, 5.41) is 7.22. The SMILES string of the molecule is C[C@@H](Cc1c[nH]c2ccccc12)NC(=O)CNc1nc(Cl)nc2nc[nH]c12. The Morgan fingerprint density at radius 1 is 1.26 bits per heavy atom. The number of aromatic nitrogens is 5. The number of amides is 1. The van der Waals surface area contributed by atoms with Gasteiger partial charge in [0.1, 0.15) is 5.52 Å². The Bertz CT molecular complexity index is 1100. The lowest BCUT2D eigenvalue weighted by Crippen LogP contribution is -2.37. The lowest BCUT2D eigenvalue weighted by Gasteiger charge is -2.14. The number of nitrogens with zero attached hydrogens (tertiary/aromatic N) is 3. The maximum absolute atomic E-state index is 12.3. The Morgan fingerprint density at radius 2 is 2.11 bits per heavy atom. The molecule has 4 aromatic rings. The van der Waals surface area contributed by atoms with E-state index in [1.807, 2.05) is 31.3 Å². The monoisotopic (exact) mass is 383 g/mol. The van der Waals surface area contributed by atoms with Crippen LogP contribution in [0.1, 0.15) is 12.5 Å². The van der Waals surface area contributed by atoms with Crippen molar-refractivity contribution in [3.8, 4) is 0 Å². The van der Waals surface area contributed by atoms with Crippen LogP contribution in [0, 0.1) is 0 Å². The first kappa shape index (κ1) is 17.3. The van der Waals surface area contributed by atoms with Crippen molar-refractivity contribution in [3.05, 3.63) is 47.6 Å². The summed E-state index contributed by atoms with van der Waals surface area (Å²) in [6.45, 7) is 2.05. The average molecular weight is 384 g/mol. The van der Waals surface area contributed by atoms with Gasteiger partial charge in [-0.1, -0.05) is 18.2 Å². The van der Waals surface area contributed by atoms with Crippen LogP contribution >= 0.6 is 11.6 Å². The summed E-state index contributed by atoms with van der Waals surface area (Å²) in [6.07, 6.45) is 4.23. The first-order valence-electron chi connectivity index (χ1n) is 8.55. The second-order valence-electron chi connectivity index (χ2n) is 6.33. The molecule has 138 valence electrons. The van der Waals surface area contributed by atoms with Crippen molar-refractivity contribution in [1.29, 1.82) is 0 Å². The van der Waals surface area contributed by atoms with Crippen LogP contribution in [0.2, 0.25) is 5.28 Å². The number of imidazole rings is 1. The van der Waals surface area contributed by atoms with Gasteiger partial charge < -0.3 is 20.6 Å². The van der Waals surface area contributed by atoms with Crippen LogP contribution in [-0.4, -0.2) is 43.4 Å². The predicted octanol–water partition coefficient (Wildman–Crippen LogP) is 2.65. The number of aromatic amines is 2. The third-order valence-corrected chi connectivity index (χ3v) is 4.45. The maximum Gasteiger partial charge on any atom is 0.239 e. The standard InChI is InChI=1S/C18H18ClN7O/c1-10(6-11-7-20-13-5-3-2-4-12(11)13)24-14(27)8-21-16-15-17(23-9-22-15)26-18(19)25-16/h2-5,7,9-10,20H,6,8H2,1H3,(H,24,27)(H2,21,22,23,25,26)/t10-/m0/s1. The van der Waals surface area contributed by atoms with E-state index in [0.29, 0.717) is 17.0 Å². The molecule has 0 unspecified atom stereocenters. The van der Waals surface area contributed by atoms with E-state index in [4.69, 9.17) is 11.6 Å². The zero-order valence-corrected chi connectivity index (χ0v) is 15.3. The molecule has 0 aliphatic heterocycles. The molecule has 0 saturated heterocycles. The summed E-state index contributed by atoms with van der Waals surface area (Å²) < 4.78 is 0. The van der Waals surface area contributed by atoms with Gasteiger partial charge in [0.05, 0.1) is 12.9 Å². The molecule has 0 radical (unpaired) electrons. The van der Waals surface area contributed by atoms with Crippen LogP contribution in [-0.2, 0) is 11.2 Å². The fraction of sp³-hybridized carbons (Fsp3) is 0.222. The van der Waals surface area contributed by atoms with E-state index < -0.39 is 0 Å². The van der Waals surface area contributed by atoms with E-state index >= 15 is 0 Å². The number of carbonyl (C=O) groups excluding carboxylic acids is 1. The lowest BCUT2D eigenvalue weighted by molar-refractivity contribution is -0.119. The number of hydrogen-bond donors (Lipinski definition) is 4. The first-order valence-corrected chi connectivity index (χ1v) is 8.93. The van der Waals surface area contributed by atoms with Crippen molar-refractivity contribution >= 4 is 45.4 Å². The van der Waals surface area contributed by atoms with E-state index in [9.17, 15) is 4.79 Å². The third kappa shape index (κ3) is 3.70. The Balaban J connectivity index is 1.37. The first-order chi connectivity index (χ1) is 13.1. The van der Waals surface area contributed by atoms with E-state index in [1.54, 1.807) is 0 Å². The van der Waals surface area contributed by atoms with E-state index in [1.165, 1.54) is 17.3 Å². The van der Waals surface area contributed by atoms with Gasteiger partial charge in [0.2, 0.25) is 11.2 Å². The molecule has 0 saturated carbocycles. The quantitative estimate of drug-likeness (QED) is 0.382. The van der Waals surface area contributed by atoms with Gasteiger partial charge in [-0.15, -0.1) is 0 Å². The Kier molecular flexibility index (Phi) is 4.64.